The van der Waals surface area contributed by atoms with Crippen molar-refractivity contribution in [2.45, 2.75) is 19.8 Å². The molecule has 0 aliphatic heterocycles. The van der Waals surface area contributed by atoms with Crippen LogP contribution >= 0.6 is 23.8 Å². The van der Waals surface area contributed by atoms with E-state index in [9.17, 15) is 0 Å². The number of hydrogen-bond donors (Lipinski definition) is 1. The Bertz CT molecular complexity index is 74.8. The minimum Gasteiger partial charge on any atom is -0.367 e. The monoisotopic (exact) mass is 151 g/mol. The van der Waals surface area contributed by atoms with Gasteiger partial charge in [-0.15, -0.1) is 0 Å². The van der Waals surface area contributed by atoms with E-state index in [2.05, 4.69) is 24.5 Å². The Hall–Kier alpha value is 0.180. The molecule has 0 radical (unpaired) electrons. The van der Waals surface area contributed by atoms with Crippen molar-refractivity contribution in [2.24, 2.45) is 0 Å². The summed E-state index contributed by atoms with van der Waals surface area (Å²) in [6, 6.07) is 0. The fourth-order valence-corrected chi connectivity index (χ4v) is 0.560. The highest BCUT2D eigenvalue weighted by molar-refractivity contribution is 7.83. The van der Waals surface area contributed by atoms with Gasteiger partial charge in [0, 0.05) is 6.54 Å². The second kappa shape index (κ2) is 5.32. The van der Waals surface area contributed by atoms with Crippen LogP contribution in [-0.4, -0.2) is 11.0 Å². The van der Waals surface area contributed by atoms with Crippen molar-refractivity contribution >= 4 is 28.3 Å². The molecule has 0 saturated heterocycles. The molecule has 1 nitrogen and oxygen atoms in total. The average molecular weight is 152 g/mol. The molecule has 0 aliphatic carbocycles. The van der Waals surface area contributed by atoms with Gasteiger partial charge in [0.1, 0.15) is 0 Å². The summed E-state index contributed by atoms with van der Waals surface area (Å²) in [5.41, 5.74) is 0. The standard InChI is InChI=1S/C5H10ClNS/c1-2-3-4-7-5(6)8/h2-4H2,1H3,(H,7,8). The minimum absolute atomic E-state index is 0.374. The van der Waals surface area contributed by atoms with Crippen LogP contribution in [0.4, 0.5) is 0 Å². The molecule has 0 aliphatic rings. The lowest BCUT2D eigenvalue weighted by Gasteiger charge is -1.97. The Morgan fingerprint density at radius 2 is 2.38 bits per heavy atom. The van der Waals surface area contributed by atoms with Gasteiger partial charge in [-0.3, -0.25) is 0 Å². The Morgan fingerprint density at radius 1 is 1.75 bits per heavy atom. The average Bonchev–Trinajstić information content (AvgIpc) is 1.66. The van der Waals surface area contributed by atoms with E-state index >= 15 is 0 Å². The van der Waals surface area contributed by atoms with E-state index in [0.717, 1.165) is 13.0 Å². The largest absolute Gasteiger partial charge is 0.367 e. The fraction of sp³-hybridized carbons (Fsp3) is 0.800. The second-order valence-electron chi connectivity index (χ2n) is 1.55. The molecule has 0 aromatic rings. The van der Waals surface area contributed by atoms with E-state index in [1.54, 1.807) is 0 Å². The van der Waals surface area contributed by atoms with Gasteiger partial charge in [-0.2, -0.15) is 0 Å². The lowest BCUT2D eigenvalue weighted by atomic mass is 10.3. The summed E-state index contributed by atoms with van der Waals surface area (Å²) in [5.74, 6) is 0. The molecule has 48 valence electrons. The summed E-state index contributed by atoms with van der Waals surface area (Å²) >= 11 is 9.90. The first-order valence-electron chi connectivity index (χ1n) is 2.70. The molecular formula is C5H10ClNS. The molecule has 0 amide bonds. The summed E-state index contributed by atoms with van der Waals surface area (Å²) < 4.78 is 0.374. The first-order valence-corrected chi connectivity index (χ1v) is 3.49. The molecular weight excluding hydrogens is 142 g/mol. The van der Waals surface area contributed by atoms with Crippen molar-refractivity contribution < 1.29 is 0 Å². The summed E-state index contributed by atoms with van der Waals surface area (Å²) in [4.78, 5) is 0. The van der Waals surface area contributed by atoms with Crippen LogP contribution in [0.2, 0.25) is 0 Å². The predicted octanol–water partition coefficient (Wildman–Crippen LogP) is 1.90. The number of unbranched alkanes of at least 4 members (excludes halogenated alkanes) is 1. The molecule has 3 heteroatoms. The van der Waals surface area contributed by atoms with Gasteiger partial charge >= 0.3 is 0 Å². The third kappa shape index (κ3) is 6.18. The Kier molecular flexibility index (Phi) is 5.44. The maximum atomic E-state index is 5.33. The van der Waals surface area contributed by atoms with E-state index in [0.29, 0.717) is 4.45 Å². The molecule has 0 saturated carbocycles. The van der Waals surface area contributed by atoms with Gasteiger partial charge in [0.2, 0.25) is 0 Å². The zero-order chi connectivity index (χ0) is 6.41. The third-order valence-electron chi connectivity index (χ3n) is 0.794. The molecule has 0 heterocycles. The fourth-order valence-electron chi connectivity index (χ4n) is 0.363. The molecule has 0 fully saturated rings. The summed E-state index contributed by atoms with van der Waals surface area (Å²) in [6.07, 6.45) is 2.30. The molecule has 1 N–H and O–H groups in total. The van der Waals surface area contributed by atoms with E-state index in [-0.39, 0.29) is 0 Å². The molecule has 0 aromatic carbocycles. The predicted molar refractivity (Wildman–Crippen MR) is 41.4 cm³/mol. The van der Waals surface area contributed by atoms with E-state index in [1.165, 1.54) is 6.42 Å². The van der Waals surface area contributed by atoms with Crippen molar-refractivity contribution in [3.8, 4) is 0 Å². The van der Waals surface area contributed by atoms with Gasteiger partial charge in [-0.1, -0.05) is 24.9 Å². The van der Waals surface area contributed by atoms with Gasteiger partial charge in [-0.05, 0) is 18.6 Å². The van der Waals surface area contributed by atoms with E-state index < -0.39 is 0 Å². The van der Waals surface area contributed by atoms with Crippen molar-refractivity contribution in [3.05, 3.63) is 0 Å². The normalized spacial score (nSPS) is 8.75. The van der Waals surface area contributed by atoms with Crippen LogP contribution in [0.3, 0.4) is 0 Å². The highest BCUT2D eigenvalue weighted by atomic mass is 35.5. The maximum Gasteiger partial charge on any atom is 0.167 e. The molecule has 0 bridgehead atoms. The van der Waals surface area contributed by atoms with Crippen LogP contribution in [0.15, 0.2) is 0 Å². The summed E-state index contributed by atoms with van der Waals surface area (Å²) in [6.45, 7) is 3.03. The van der Waals surface area contributed by atoms with Crippen molar-refractivity contribution in [1.29, 1.82) is 0 Å². The van der Waals surface area contributed by atoms with Crippen molar-refractivity contribution in [1.82, 2.24) is 5.32 Å². The first-order chi connectivity index (χ1) is 3.77. The van der Waals surface area contributed by atoms with Gasteiger partial charge in [0.05, 0.1) is 0 Å². The third-order valence-corrected chi connectivity index (χ3v) is 1.07. The van der Waals surface area contributed by atoms with Crippen LogP contribution in [0, 0.1) is 0 Å². The molecule has 0 unspecified atom stereocenters. The lowest BCUT2D eigenvalue weighted by molar-refractivity contribution is 0.762. The van der Waals surface area contributed by atoms with Gasteiger partial charge in [0.15, 0.2) is 4.45 Å². The van der Waals surface area contributed by atoms with Crippen LogP contribution < -0.4 is 5.32 Å². The number of halogens is 1. The van der Waals surface area contributed by atoms with Gasteiger partial charge in [-0.25, -0.2) is 0 Å². The smallest absolute Gasteiger partial charge is 0.167 e. The number of rotatable bonds is 3. The molecule has 0 rings (SSSR count). The Morgan fingerprint density at radius 3 is 2.75 bits per heavy atom. The van der Waals surface area contributed by atoms with Crippen LogP contribution in [0.5, 0.6) is 0 Å². The molecule has 0 spiro atoms. The number of thiocarbonyl (C=S) groups is 1. The minimum atomic E-state index is 0.374. The Labute approximate surface area is 60.4 Å². The van der Waals surface area contributed by atoms with Crippen molar-refractivity contribution in [3.63, 3.8) is 0 Å². The quantitative estimate of drug-likeness (QED) is 0.286. The van der Waals surface area contributed by atoms with Crippen molar-refractivity contribution in [2.75, 3.05) is 6.54 Å². The second-order valence-corrected chi connectivity index (χ2v) is 2.56. The van der Waals surface area contributed by atoms with Gasteiger partial charge < -0.3 is 5.32 Å². The zero-order valence-corrected chi connectivity index (χ0v) is 6.48. The summed E-state index contributed by atoms with van der Waals surface area (Å²) in [7, 11) is 0. The van der Waals surface area contributed by atoms with Crippen LogP contribution in [-0.2, 0) is 0 Å². The van der Waals surface area contributed by atoms with Crippen LogP contribution in [0.25, 0.3) is 0 Å². The topological polar surface area (TPSA) is 12.0 Å². The van der Waals surface area contributed by atoms with E-state index in [1.807, 2.05) is 0 Å². The zero-order valence-electron chi connectivity index (χ0n) is 4.91. The lowest BCUT2D eigenvalue weighted by Crippen LogP contribution is -2.16. The summed E-state index contributed by atoms with van der Waals surface area (Å²) in [5, 5.41) is 2.84. The molecule has 0 aromatic heterocycles. The molecule has 8 heavy (non-hydrogen) atoms. The highest BCUT2D eigenvalue weighted by Crippen LogP contribution is 1.84. The number of hydrogen-bond acceptors (Lipinski definition) is 1. The molecule has 0 atom stereocenters. The number of nitrogens with one attached hydrogen (secondary N) is 1. The Balaban J connectivity index is 2.82. The van der Waals surface area contributed by atoms with Gasteiger partial charge in [0.25, 0.3) is 0 Å². The SMILES string of the molecule is CCCCNC(=S)Cl. The van der Waals surface area contributed by atoms with Crippen LogP contribution in [0.1, 0.15) is 19.8 Å². The van der Waals surface area contributed by atoms with E-state index in [4.69, 9.17) is 11.6 Å². The first kappa shape index (κ1) is 8.18. The highest BCUT2D eigenvalue weighted by Gasteiger charge is 1.84. The maximum absolute atomic E-state index is 5.33.